The van der Waals surface area contributed by atoms with Gasteiger partial charge in [0.25, 0.3) is 5.91 Å². The number of hydrogen-bond donors (Lipinski definition) is 2. The highest BCUT2D eigenvalue weighted by atomic mass is 79.9. The molecule has 0 heterocycles. The lowest BCUT2D eigenvalue weighted by atomic mass is 10.1. The van der Waals surface area contributed by atoms with Gasteiger partial charge in [-0.1, -0.05) is 15.9 Å². The van der Waals surface area contributed by atoms with Crippen molar-refractivity contribution in [2.45, 2.75) is 0 Å². The molecule has 0 spiro atoms. The Kier molecular flexibility index (Phi) is 4.01. The van der Waals surface area contributed by atoms with E-state index < -0.39 is 11.7 Å². The molecular formula is C14H9BrFN3O. The molecule has 0 aliphatic rings. The molecule has 0 aliphatic carbocycles. The van der Waals surface area contributed by atoms with Crippen molar-refractivity contribution in [3.63, 3.8) is 0 Å². The number of nitrogens with zero attached hydrogens (tertiary/aromatic N) is 1. The molecule has 0 atom stereocenters. The Morgan fingerprint density at radius 1 is 1.30 bits per heavy atom. The molecule has 1 amide bonds. The van der Waals surface area contributed by atoms with Gasteiger partial charge in [0, 0.05) is 15.7 Å². The number of benzene rings is 2. The second-order valence-electron chi connectivity index (χ2n) is 4.03. The zero-order chi connectivity index (χ0) is 14.7. The minimum absolute atomic E-state index is 0.0920. The molecule has 100 valence electrons. The van der Waals surface area contributed by atoms with Crippen LogP contribution < -0.4 is 11.1 Å². The number of nitrogens with one attached hydrogen (secondary N) is 1. The summed E-state index contributed by atoms with van der Waals surface area (Å²) in [6.45, 7) is 0. The zero-order valence-electron chi connectivity index (χ0n) is 10.2. The number of rotatable bonds is 2. The van der Waals surface area contributed by atoms with Crippen LogP contribution in [0.1, 0.15) is 15.9 Å². The van der Waals surface area contributed by atoms with Gasteiger partial charge in [0.1, 0.15) is 11.9 Å². The van der Waals surface area contributed by atoms with E-state index in [9.17, 15) is 9.18 Å². The van der Waals surface area contributed by atoms with Gasteiger partial charge >= 0.3 is 0 Å². The summed E-state index contributed by atoms with van der Waals surface area (Å²) in [6, 6.07) is 10.4. The van der Waals surface area contributed by atoms with E-state index in [0.717, 1.165) is 16.6 Å². The predicted molar refractivity (Wildman–Crippen MR) is 77.6 cm³/mol. The summed E-state index contributed by atoms with van der Waals surface area (Å²) in [5.41, 5.74) is 6.39. The van der Waals surface area contributed by atoms with E-state index in [2.05, 4.69) is 21.2 Å². The second kappa shape index (κ2) is 5.72. The molecule has 0 radical (unpaired) electrons. The van der Waals surface area contributed by atoms with Crippen LogP contribution >= 0.6 is 15.9 Å². The van der Waals surface area contributed by atoms with E-state index in [1.807, 2.05) is 6.07 Å². The van der Waals surface area contributed by atoms with E-state index in [4.69, 9.17) is 11.0 Å². The molecule has 0 aromatic heterocycles. The monoisotopic (exact) mass is 333 g/mol. The van der Waals surface area contributed by atoms with Crippen molar-refractivity contribution >= 4 is 33.2 Å². The molecule has 2 aromatic rings. The van der Waals surface area contributed by atoms with Crippen LogP contribution in [0.15, 0.2) is 40.9 Å². The molecule has 2 aromatic carbocycles. The third-order valence-electron chi connectivity index (χ3n) is 2.53. The van der Waals surface area contributed by atoms with Gasteiger partial charge < -0.3 is 11.1 Å². The number of nitrogen functional groups attached to an aromatic ring is 1. The Labute approximate surface area is 123 Å². The Bertz CT molecular complexity index is 705. The summed E-state index contributed by atoms with van der Waals surface area (Å²) in [5, 5.41) is 11.6. The molecular weight excluding hydrogens is 325 g/mol. The molecule has 0 aliphatic heterocycles. The van der Waals surface area contributed by atoms with Crippen LogP contribution in [0.5, 0.6) is 0 Å². The van der Waals surface area contributed by atoms with Crippen molar-refractivity contribution in [1.82, 2.24) is 0 Å². The SMILES string of the molecule is N#Cc1cc(Br)ccc1NC(=O)c1cc(N)cc(F)c1. The quantitative estimate of drug-likeness (QED) is 0.827. The minimum Gasteiger partial charge on any atom is -0.399 e. The number of amides is 1. The maximum absolute atomic E-state index is 13.2. The van der Waals surface area contributed by atoms with Gasteiger partial charge in [-0.25, -0.2) is 4.39 Å². The van der Waals surface area contributed by atoms with Gasteiger partial charge in [-0.2, -0.15) is 5.26 Å². The molecule has 2 rings (SSSR count). The molecule has 6 heteroatoms. The van der Waals surface area contributed by atoms with Gasteiger partial charge in [-0.15, -0.1) is 0 Å². The first-order chi connectivity index (χ1) is 9.49. The molecule has 20 heavy (non-hydrogen) atoms. The Hall–Kier alpha value is -2.39. The molecule has 0 bridgehead atoms. The van der Waals surface area contributed by atoms with Crippen molar-refractivity contribution in [1.29, 1.82) is 5.26 Å². The number of nitriles is 1. The maximum atomic E-state index is 13.2. The van der Waals surface area contributed by atoms with Crippen LogP contribution in [0.25, 0.3) is 0 Å². The third-order valence-corrected chi connectivity index (χ3v) is 3.03. The molecule has 3 N–H and O–H groups in total. The van der Waals surface area contributed by atoms with Crippen molar-refractivity contribution in [3.05, 3.63) is 57.8 Å². The largest absolute Gasteiger partial charge is 0.399 e. The van der Waals surface area contributed by atoms with Crippen molar-refractivity contribution in [3.8, 4) is 6.07 Å². The maximum Gasteiger partial charge on any atom is 0.255 e. The Balaban J connectivity index is 2.30. The fourth-order valence-corrected chi connectivity index (χ4v) is 2.02. The van der Waals surface area contributed by atoms with E-state index >= 15 is 0 Å². The van der Waals surface area contributed by atoms with Crippen molar-refractivity contribution in [2.24, 2.45) is 0 Å². The third kappa shape index (κ3) is 3.13. The lowest BCUT2D eigenvalue weighted by Gasteiger charge is -2.08. The average Bonchev–Trinajstić information content (AvgIpc) is 2.39. The van der Waals surface area contributed by atoms with Crippen LogP contribution in [0, 0.1) is 17.1 Å². The molecule has 0 saturated carbocycles. The van der Waals surface area contributed by atoms with Gasteiger partial charge in [-0.05, 0) is 36.4 Å². The summed E-state index contributed by atoms with van der Waals surface area (Å²) < 4.78 is 13.9. The van der Waals surface area contributed by atoms with Gasteiger partial charge in [0.2, 0.25) is 0 Å². The highest BCUT2D eigenvalue weighted by Crippen LogP contribution is 2.21. The number of nitrogens with two attached hydrogens (primary N) is 1. The Morgan fingerprint density at radius 3 is 2.70 bits per heavy atom. The fourth-order valence-electron chi connectivity index (χ4n) is 1.66. The van der Waals surface area contributed by atoms with E-state index in [1.165, 1.54) is 6.07 Å². The highest BCUT2D eigenvalue weighted by Gasteiger charge is 2.11. The van der Waals surface area contributed by atoms with Crippen LogP contribution in [-0.2, 0) is 0 Å². The Morgan fingerprint density at radius 2 is 2.05 bits per heavy atom. The molecule has 4 nitrogen and oxygen atoms in total. The number of halogens is 2. The lowest BCUT2D eigenvalue weighted by molar-refractivity contribution is 0.102. The smallest absolute Gasteiger partial charge is 0.255 e. The first kappa shape index (κ1) is 14.0. The predicted octanol–water partition coefficient (Wildman–Crippen LogP) is 3.29. The molecule has 0 fully saturated rings. The fraction of sp³-hybridized carbons (Fsp3) is 0. The normalized spacial score (nSPS) is 9.85. The minimum atomic E-state index is -0.591. The summed E-state index contributed by atoms with van der Waals surface area (Å²) in [5.74, 6) is -1.12. The van der Waals surface area contributed by atoms with E-state index in [-0.39, 0.29) is 11.3 Å². The van der Waals surface area contributed by atoms with Gasteiger partial charge in [0.15, 0.2) is 0 Å². The van der Waals surface area contributed by atoms with Crippen molar-refractivity contribution < 1.29 is 9.18 Å². The summed E-state index contributed by atoms with van der Waals surface area (Å²) in [7, 11) is 0. The number of anilines is 2. The summed E-state index contributed by atoms with van der Waals surface area (Å²) >= 11 is 3.24. The van der Waals surface area contributed by atoms with Gasteiger partial charge in [0.05, 0.1) is 11.3 Å². The van der Waals surface area contributed by atoms with Crippen LogP contribution in [-0.4, -0.2) is 5.91 Å². The highest BCUT2D eigenvalue weighted by molar-refractivity contribution is 9.10. The van der Waals surface area contributed by atoms with Gasteiger partial charge in [-0.3, -0.25) is 4.79 Å². The van der Waals surface area contributed by atoms with Crippen LogP contribution in [0.4, 0.5) is 15.8 Å². The standard InChI is InChI=1S/C14H9BrFN3O/c15-10-1-2-13(9(3-10)7-17)19-14(20)8-4-11(16)6-12(18)5-8/h1-6H,18H2,(H,19,20). The van der Waals surface area contributed by atoms with E-state index in [0.29, 0.717) is 11.3 Å². The second-order valence-corrected chi connectivity index (χ2v) is 4.94. The first-order valence-corrected chi connectivity index (χ1v) is 6.36. The first-order valence-electron chi connectivity index (χ1n) is 5.56. The van der Waals surface area contributed by atoms with Crippen LogP contribution in [0.2, 0.25) is 0 Å². The molecule has 0 saturated heterocycles. The van der Waals surface area contributed by atoms with Crippen molar-refractivity contribution in [2.75, 3.05) is 11.1 Å². The summed E-state index contributed by atoms with van der Waals surface area (Å²) in [6.07, 6.45) is 0. The average molecular weight is 334 g/mol. The zero-order valence-corrected chi connectivity index (χ0v) is 11.7. The molecule has 0 unspecified atom stereocenters. The summed E-state index contributed by atoms with van der Waals surface area (Å²) in [4.78, 5) is 12.0. The number of carbonyl (C=O) groups is 1. The number of carbonyl (C=O) groups excluding carboxylic acids is 1. The topological polar surface area (TPSA) is 78.9 Å². The lowest BCUT2D eigenvalue weighted by Crippen LogP contribution is -2.13. The van der Waals surface area contributed by atoms with E-state index in [1.54, 1.807) is 18.2 Å². The number of hydrogen-bond acceptors (Lipinski definition) is 3. The van der Waals surface area contributed by atoms with Crippen LogP contribution in [0.3, 0.4) is 0 Å².